The van der Waals surface area contributed by atoms with E-state index in [-0.39, 0.29) is 17.5 Å². The van der Waals surface area contributed by atoms with Gasteiger partial charge in [0.05, 0.1) is 17.1 Å². The van der Waals surface area contributed by atoms with Gasteiger partial charge in [0, 0.05) is 16.8 Å². The maximum atomic E-state index is 13.3. The minimum atomic E-state index is -0.290. The number of anilines is 1. The molecule has 0 unspecified atom stereocenters. The number of carbonyl (C=O) groups is 1. The fourth-order valence-corrected chi connectivity index (χ4v) is 3.57. The number of benzene rings is 3. The van der Waals surface area contributed by atoms with Crippen LogP contribution in [0.15, 0.2) is 90.1 Å². The number of thioether (sulfide) groups is 1. The van der Waals surface area contributed by atoms with Crippen LogP contribution >= 0.6 is 11.8 Å². The third-order valence-electron chi connectivity index (χ3n) is 4.26. The van der Waals surface area contributed by atoms with E-state index in [9.17, 15) is 9.18 Å². The summed E-state index contributed by atoms with van der Waals surface area (Å²) in [7, 11) is 0. The molecule has 144 valence electrons. The number of H-pyrrole nitrogens is 1. The molecule has 0 aliphatic carbocycles. The first kappa shape index (κ1) is 19.0. The summed E-state index contributed by atoms with van der Waals surface area (Å²) in [5.74, 6) is -0.177. The van der Waals surface area contributed by atoms with Gasteiger partial charge in [-0.15, -0.1) is 0 Å². The Morgan fingerprint density at radius 1 is 0.897 bits per heavy atom. The first-order valence-electron chi connectivity index (χ1n) is 9.08. The molecule has 0 radical (unpaired) electrons. The number of hydrogen-bond acceptors (Lipinski definition) is 3. The van der Waals surface area contributed by atoms with Gasteiger partial charge in [-0.05, 0) is 36.4 Å². The van der Waals surface area contributed by atoms with Crippen molar-refractivity contribution >= 4 is 23.4 Å². The molecule has 3 aromatic carbocycles. The van der Waals surface area contributed by atoms with Crippen LogP contribution in [0.2, 0.25) is 0 Å². The topological polar surface area (TPSA) is 57.8 Å². The van der Waals surface area contributed by atoms with Crippen molar-refractivity contribution in [2.75, 3.05) is 11.1 Å². The Bertz CT molecular complexity index is 1100. The number of amides is 1. The van der Waals surface area contributed by atoms with Crippen molar-refractivity contribution in [3.8, 4) is 22.5 Å². The number of hydrogen-bond donors (Lipinski definition) is 2. The van der Waals surface area contributed by atoms with Crippen LogP contribution in [0.1, 0.15) is 0 Å². The number of halogens is 1. The van der Waals surface area contributed by atoms with Crippen LogP contribution in [0.25, 0.3) is 22.5 Å². The molecule has 4 aromatic rings. The predicted octanol–water partition coefficient (Wildman–Crippen LogP) is 5.61. The number of imidazole rings is 1. The monoisotopic (exact) mass is 403 g/mol. The molecule has 0 spiro atoms. The number of aromatic amines is 1. The summed E-state index contributed by atoms with van der Waals surface area (Å²) in [6.45, 7) is 0. The number of para-hydroxylation sites is 1. The van der Waals surface area contributed by atoms with Crippen molar-refractivity contribution in [1.29, 1.82) is 0 Å². The van der Waals surface area contributed by atoms with Gasteiger partial charge in [0.15, 0.2) is 5.16 Å². The molecule has 4 rings (SSSR count). The second kappa shape index (κ2) is 8.75. The molecule has 0 aliphatic heterocycles. The molecule has 0 saturated carbocycles. The zero-order valence-corrected chi connectivity index (χ0v) is 16.2. The minimum Gasteiger partial charge on any atom is -0.332 e. The molecular formula is C23H18FN3OS. The fraction of sp³-hybridized carbons (Fsp3) is 0.0435. The van der Waals surface area contributed by atoms with Gasteiger partial charge in [-0.25, -0.2) is 9.37 Å². The van der Waals surface area contributed by atoms with Crippen molar-refractivity contribution in [2.24, 2.45) is 0 Å². The van der Waals surface area contributed by atoms with E-state index in [4.69, 9.17) is 4.98 Å². The van der Waals surface area contributed by atoms with Crippen molar-refractivity contribution in [3.63, 3.8) is 0 Å². The Hall–Kier alpha value is -3.38. The molecule has 1 aromatic heterocycles. The SMILES string of the molecule is O=C(CSc1nc(-c2ccccc2)c(-c2ccc(F)cc2)[nH]1)Nc1ccccc1. The van der Waals surface area contributed by atoms with E-state index in [2.05, 4.69) is 10.3 Å². The highest BCUT2D eigenvalue weighted by Crippen LogP contribution is 2.32. The van der Waals surface area contributed by atoms with Crippen LogP contribution in [0.3, 0.4) is 0 Å². The van der Waals surface area contributed by atoms with Crippen LogP contribution in [0, 0.1) is 5.82 Å². The minimum absolute atomic E-state index is 0.109. The van der Waals surface area contributed by atoms with Crippen molar-refractivity contribution < 1.29 is 9.18 Å². The first-order valence-corrected chi connectivity index (χ1v) is 10.1. The van der Waals surface area contributed by atoms with Crippen molar-refractivity contribution in [2.45, 2.75) is 5.16 Å². The molecule has 0 atom stereocenters. The molecule has 0 saturated heterocycles. The second-order valence-corrected chi connectivity index (χ2v) is 7.31. The van der Waals surface area contributed by atoms with Gasteiger partial charge in [0.2, 0.25) is 5.91 Å². The summed E-state index contributed by atoms with van der Waals surface area (Å²) in [6.07, 6.45) is 0. The highest BCUT2D eigenvalue weighted by atomic mass is 32.2. The molecule has 0 fully saturated rings. The van der Waals surface area contributed by atoms with Gasteiger partial charge in [-0.1, -0.05) is 60.3 Å². The Kier molecular flexibility index (Phi) is 5.72. The average Bonchev–Trinajstić information content (AvgIpc) is 3.18. The molecule has 6 heteroatoms. The van der Waals surface area contributed by atoms with Gasteiger partial charge >= 0.3 is 0 Å². The number of rotatable bonds is 6. The lowest BCUT2D eigenvalue weighted by Gasteiger charge is -2.03. The average molecular weight is 403 g/mol. The summed E-state index contributed by atoms with van der Waals surface area (Å²) >= 11 is 1.32. The lowest BCUT2D eigenvalue weighted by molar-refractivity contribution is -0.113. The Labute approximate surface area is 172 Å². The summed E-state index contributed by atoms with van der Waals surface area (Å²) in [5.41, 5.74) is 4.10. The number of carbonyl (C=O) groups excluding carboxylic acids is 1. The zero-order chi connectivity index (χ0) is 20.1. The van der Waals surface area contributed by atoms with Crippen LogP contribution in [-0.4, -0.2) is 21.6 Å². The van der Waals surface area contributed by atoms with Gasteiger partial charge in [0.1, 0.15) is 5.82 Å². The van der Waals surface area contributed by atoms with Crippen LogP contribution in [-0.2, 0) is 4.79 Å². The third-order valence-corrected chi connectivity index (χ3v) is 5.13. The van der Waals surface area contributed by atoms with E-state index in [0.29, 0.717) is 5.16 Å². The van der Waals surface area contributed by atoms with E-state index in [1.54, 1.807) is 12.1 Å². The van der Waals surface area contributed by atoms with E-state index < -0.39 is 0 Å². The molecule has 0 aliphatic rings. The maximum Gasteiger partial charge on any atom is 0.234 e. The second-order valence-electron chi connectivity index (χ2n) is 6.34. The number of nitrogens with one attached hydrogen (secondary N) is 2. The summed E-state index contributed by atoms with van der Waals surface area (Å²) in [5, 5.41) is 3.49. The number of nitrogens with zero attached hydrogens (tertiary/aromatic N) is 1. The molecule has 1 heterocycles. The molecule has 2 N–H and O–H groups in total. The lowest BCUT2D eigenvalue weighted by Crippen LogP contribution is -2.13. The zero-order valence-electron chi connectivity index (χ0n) is 15.4. The summed E-state index contributed by atoms with van der Waals surface area (Å²) in [6, 6.07) is 25.4. The van der Waals surface area contributed by atoms with Gasteiger partial charge in [-0.2, -0.15) is 0 Å². The normalized spacial score (nSPS) is 10.7. The first-order chi connectivity index (χ1) is 14.2. The van der Waals surface area contributed by atoms with E-state index in [1.165, 1.54) is 23.9 Å². The molecular weight excluding hydrogens is 385 g/mol. The highest BCUT2D eigenvalue weighted by molar-refractivity contribution is 7.99. The molecule has 0 bridgehead atoms. The maximum absolute atomic E-state index is 13.3. The summed E-state index contributed by atoms with van der Waals surface area (Å²) < 4.78 is 13.3. The molecule has 1 amide bonds. The fourth-order valence-electron chi connectivity index (χ4n) is 2.90. The van der Waals surface area contributed by atoms with E-state index in [1.807, 2.05) is 60.7 Å². The van der Waals surface area contributed by atoms with Gasteiger partial charge < -0.3 is 10.3 Å². The smallest absolute Gasteiger partial charge is 0.234 e. The lowest BCUT2D eigenvalue weighted by atomic mass is 10.1. The quantitative estimate of drug-likeness (QED) is 0.411. The standard InChI is InChI=1S/C23H18FN3OS/c24-18-13-11-17(12-14-18)22-21(16-7-3-1-4-8-16)26-23(27-22)29-15-20(28)25-19-9-5-2-6-10-19/h1-14H,15H2,(H,25,28)(H,26,27). The highest BCUT2D eigenvalue weighted by Gasteiger charge is 2.15. The Morgan fingerprint density at radius 3 is 2.24 bits per heavy atom. The predicted molar refractivity (Wildman–Crippen MR) is 115 cm³/mol. The van der Waals surface area contributed by atoms with E-state index in [0.717, 1.165) is 28.2 Å². The van der Waals surface area contributed by atoms with E-state index >= 15 is 0 Å². The van der Waals surface area contributed by atoms with Gasteiger partial charge in [0.25, 0.3) is 0 Å². The van der Waals surface area contributed by atoms with Crippen LogP contribution in [0.5, 0.6) is 0 Å². The summed E-state index contributed by atoms with van der Waals surface area (Å²) in [4.78, 5) is 20.2. The Morgan fingerprint density at radius 2 is 1.55 bits per heavy atom. The number of aromatic nitrogens is 2. The van der Waals surface area contributed by atoms with Gasteiger partial charge in [-0.3, -0.25) is 4.79 Å². The van der Waals surface area contributed by atoms with Crippen molar-refractivity contribution in [3.05, 3.63) is 90.7 Å². The molecule has 4 nitrogen and oxygen atoms in total. The van der Waals surface area contributed by atoms with Crippen molar-refractivity contribution in [1.82, 2.24) is 9.97 Å². The van der Waals surface area contributed by atoms with Crippen LogP contribution < -0.4 is 5.32 Å². The third kappa shape index (κ3) is 4.73. The largest absolute Gasteiger partial charge is 0.332 e. The Balaban J connectivity index is 1.56. The molecule has 29 heavy (non-hydrogen) atoms. The van der Waals surface area contributed by atoms with Crippen LogP contribution in [0.4, 0.5) is 10.1 Å².